The molecule has 0 spiro atoms. The lowest BCUT2D eigenvalue weighted by molar-refractivity contribution is -0.120. The predicted molar refractivity (Wildman–Crippen MR) is 95.7 cm³/mol. The Morgan fingerprint density at radius 1 is 1.09 bits per heavy atom. The Labute approximate surface area is 139 Å². The van der Waals surface area contributed by atoms with E-state index in [0.29, 0.717) is 6.42 Å². The molecule has 0 atom stereocenters. The molecule has 0 aliphatic carbocycles. The standard InChI is InChI=1S/C17H18N2OS2/c1-21-15-9-7-14(8-10-15)13-18-19-17(20)11-12-22-16-5-3-2-4-6-16/h2-10,13H,11-12H2,1H3,(H,19,20)/b18-13+. The third-order valence-corrected chi connectivity index (χ3v) is 4.62. The Bertz CT molecular complexity index is 612. The van der Waals surface area contributed by atoms with Gasteiger partial charge in [0.15, 0.2) is 0 Å². The summed E-state index contributed by atoms with van der Waals surface area (Å²) in [5.74, 6) is 0.675. The number of hydrogen-bond acceptors (Lipinski definition) is 4. The van der Waals surface area contributed by atoms with E-state index in [2.05, 4.69) is 10.5 Å². The second-order valence-corrected chi connectivity index (χ2v) is 6.53. The summed E-state index contributed by atoms with van der Waals surface area (Å²) in [7, 11) is 0. The molecule has 1 amide bonds. The number of rotatable bonds is 7. The van der Waals surface area contributed by atoms with Crippen molar-refractivity contribution in [1.29, 1.82) is 0 Å². The molecule has 0 aromatic heterocycles. The zero-order chi connectivity index (χ0) is 15.6. The molecule has 0 saturated heterocycles. The van der Waals surface area contributed by atoms with Crippen molar-refractivity contribution in [2.45, 2.75) is 16.2 Å². The maximum Gasteiger partial charge on any atom is 0.240 e. The van der Waals surface area contributed by atoms with E-state index < -0.39 is 0 Å². The summed E-state index contributed by atoms with van der Waals surface area (Å²) in [6.07, 6.45) is 4.14. The van der Waals surface area contributed by atoms with Crippen LogP contribution in [-0.2, 0) is 4.79 Å². The smallest absolute Gasteiger partial charge is 0.240 e. The van der Waals surface area contributed by atoms with Gasteiger partial charge in [0.25, 0.3) is 0 Å². The fraction of sp³-hybridized carbons (Fsp3) is 0.176. The Kier molecular flexibility index (Phi) is 7.06. The number of nitrogens with one attached hydrogen (secondary N) is 1. The summed E-state index contributed by atoms with van der Waals surface area (Å²) in [6.45, 7) is 0. The number of thioether (sulfide) groups is 2. The number of carbonyl (C=O) groups is 1. The van der Waals surface area contributed by atoms with Gasteiger partial charge in [-0.2, -0.15) is 5.10 Å². The highest BCUT2D eigenvalue weighted by Crippen LogP contribution is 2.17. The molecule has 0 radical (unpaired) electrons. The molecular formula is C17H18N2OS2. The summed E-state index contributed by atoms with van der Waals surface area (Å²) in [5, 5.41) is 3.98. The Balaban J connectivity index is 1.69. The van der Waals surface area contributed by atoms with Crippen molar-refractivity contribution in [3.8, 4) is 0 Å². The number of nitrogens with zero attached hydrogens (tertiary/aromatic N) is 1. The first-order valence-corrected chi connectivity index (χ1v) is 9.13. The molecule has 2 aromatic rings. The number of hydrogen-bond donors (Lipinski definition) is 1. The fourth-order valence-corrected chi connectivity index (χ4v) is 2.98. The van der Waals surface area contributed by atoms with E-state index in [0.717, 1.165) is 11.3 Å². The minimum Gasteiger partial charge on any atom is -0.273 e. The van der Waals surface area contributed by atoms with Crippen LogP contribution in [0.15, 0.2) is 69.5 Å². The Morgan fingerprint density at radius 2 is 1.82 bits per heavy atom. The van der Waals surface area contributed by atoms with Gasteiger partial charge >= 0.3 is 0 Å². The van der Waals surface area contributed by atoms with E-state index >= 15 is 0 Å². The van der Waals surface area contributed by atoms with E-state index in [-0.39, 0.29) is 5.91 Å². The van der Waals surface area contributed by atoms with Crippen LogP contribution in [0.3, 0.4) is 0 Å². The zero-order valence-corrected chi connectivity index (χ0v) is 14.0. The van der Waals surface area contributed by atoms with Gasteiger partial charge in [0, 0.05) is 22.0 Å². The van der Waals surface area contributed by atoms with Crippen LogP contribution in [0.2, 0.25) is 0 Å². The first-order chi connectivity index (χ1) is 10.8. The van der Waals surface area contributed by atoms with Crippen molar-refractivity contribution in [3.63, 3.8) is 0 Å². The van der Waals surface area contributed by atoms with Crippen molar-refractivity contribution in [2.24, 2.45) is 5.10 Å². The Morgan fingerprint density at radius 3 is 2.50 bits per heavy atom. The second kappa shape index (κ2) is 9.33. The molecule has 0 aliphatic heterocycles. The molecule has 5 heteroatoms. The quantitative estimate of drug-likeness (QED) is 0.473. The minimum absolute atomic E-state index is 0.0691. The van der Waals surface area contributed by atoms with E-state index in [1.165, 1.54) is 9.79 Å². The molecule has 2 rings (SSSR count). The van der Waals surface area contributed by atoms with Gasteiger partial charge < -0.3 is 0 Å². The molecule has 22 heavy (non-hydrogen) atoms. The van der Waals surface area contributed by atoms with Gasteiger partial charge in [-0.3, -0.25) is 4.79 Å². The van der Waals surface area contributed by atoms with Gasteiger partial charge in [0.2, 0.25) is 5.91 Å². The number of hydrazone groups is 1. The molecule has 0 heterocycles. The minimum atomic E-state index is -0.0691. The summed E-state index contributed by atoms with van der Waals surface area (Å²) in [6, 6.07) is 18.1. The van der Waals surface area contributed by atoms with Crippen LogP contribution in [-0.4, -0.2) is 24.1 Å². The van der Waals surface area contributed by atoms with Crippen LogP contribution in [0.4, 0.5) is 0 Å². The van der Waals surface area contributed by atoms with Crippen molar-refractivity contribution < 1.29 is 4.79 Å². The maximum atomic E-state index is 11.7. The number of amides is 1. The third-order valence-electron chi connectivity index (χ3n) is 2.86. The van der Waals surface area contributed by atoms with Crippen molar-refractivity contribution in [3.05, 3.63) is 60.2 Å². The largest absolute Gasteiger partial charge is 0.273 e. The number of benzene rings is 2. The number of carbonyl (C=O) groups excluding carboxylic acids is 1. The van der Waals surface area contributed by atoms with Crippen LogP contribution in [0.5, 0.6) is 0 Å². The van der Waals surface area contributed by atoms with Gasteiger partial charge in [-0.1, -0.05) is 30.3 Å². The molecule has 1 N–H and O–H groups in total. The SMILES string of the molecule is CSc1ccc(/C=N/NC(=O)CCSc2ccccc2)cc1. The molecule has 114 valence electrons. The molecule has 0 fully saturated rings. The average molecular weight is 330 g/mol. The fourth-order valence-electron chi connectivity index (χ4n) is 1.70. The molecule has 0 saturated carbocycles. The monoisotopic (exact) mass is 330 g/mol. The van der Waals surface area contributed by atoms with Gasteiger partial charge in [-0.05, 0) is 36.1 Å². The molecule has 0 aliphatic rings. The average Bonchev–Trinajstić information content (AvgIpc) is 2.56. The van der Waals surface area contributed by atoms with Crippen molar-refractivity contribution in [1.82, 2.24) is 5.43 Å². The summed E-state index contributed by atoms with van der Waals surface area (Å²) in [4.78, 5) is 14.1. The Hall–Kier alpha value is -1.72. The zero-order valence-electron chi connectivity index (χ0n) is 12.4. The second-order valence-electron chi connectivity index (χ2n) is 4.48. The summed E-state index contributed by atoms with van der Waals surface area (Å²) >= 11 is 3.36. The molecular weight excluding hydrogens is 312 g/mol. The lowest BCUT2D eigenvalue weighted by Crippen LogP contribution is -2.17. The lowest BCUT2D eigenvalue weighted by Gasteiger charge is -2.01. The first kappa shape index (κ1) is 16.6. The van der Waals surface area contributed by atoms with E-state index in [9.17, 15) is 4.79 Å². The van der Waals surface area contributed by atoms with Gasteiger partial charge in [0.05, 0.1) is 6.21 Å². The lowest BCUT2D eigenvalue weighted by atomic mass is 10.2. The molecule has 3 nitrogen and oxygen atoms in total. The normalized spacial score (nSPS) is 10.8. The van der Waals surface area contributed by atoms with Crippen molar-refractivity contribution in [2.75, 3.05) is 12.0 Å². The molecule has 0 bridgehead atoms. The highest BCUT2D eigenvalue weighted by molar-refractivity contribution is 7.99. The maximum absolute atomic E-state index is 11.7. The predicted octanol–water partition coefficient (Wildman–Crippen LogP) is 4.04. The molecule has 2 aromatic carbocycles. The van der Waals surface area contributed by atoms with Gasteiger partial charge in [-0.25, -0.2) is 5.43 Å². The van der Waals surface area contributed by atoms with Gasteiger partial charge in [0.1, 0.15) is 0 Å². The van der Waals surface area contributed by atoms with Crippen molar-refractivity contribution >= 4 is 35.6 Å². The van der Waals surface area contributed by atoms with Crippen LogP contribution in [0, 0.1) is 0 Å². The van der Waals surface area contributed by atoms with Gasteiger partial charge in [-0.15, -0.1) is 23.5 Å². The topological polar surface area (TPSA) is 41.5 Å². The third kappa shape index (κ3) is 5.95. The van der Waals surface area contributed by atoms with E-state index in [1.807, 2.05) is 60.9 Å². The first-order valence-electron chi connectivity index (χ1n) is 6.92. The summed E-state index contributed by atoms with van der Waals surface area (Å²) < 4.78 is 0. The highest BCUT2D eigenvalue weighted by Gasteiger charge is 2.00. The van der Waals surface area contributed by atoms with E-state index in [1.54, 1.807) is 29.7 Å². The van der Waals surface area contributed by atoms with Crippen LogP contribution < -0.4 is 5.43 Å². The van der Waals surface area contributed by atoms with Crippen LogP contribution in [0.25, 0.3) is 0 Å². The summed E-state index contributed by atoms with van der Waals surface area (Å²) in [5.41, 5.74) is 3.53. The van der Waals surface area contributed by atoms with E-state index in [4.69, 9.17) is 0 Å². The highest BCUT2D eigenvalue weighted by atomic mass is 32.2. The van der Waals surface area contributed by atoms with Crippen LogP contribution >= 0.6 is 23.5 Å². The van der Waals surface area contributed by atoms with Crippen LogP contribution in [0.1, 0.15) is 12.0 Å². The molecule has 0 unspecified atom stereocenters.